The van der Waals surface area contributed by atoms with Crippen molar-refractivity contribution in [2.75, 3.05) is 0 Å². The van der Waals surface area contributed by atoms with E-state index >= 15 is 0 Å². The van der Waals surface area contributed by atoms with Crippen LogP contribution < -0.4 is 0 Å². The van der Waals surface area contributed by atoms with Gasteiger partial charge in [-0.05, 0) is 25.8 Å². The molecule has 3 rings (SSSR count). The van der Waals surface area contributed by atoms with Crippen LogP contribution in [0, 0.1) is 0 Å². The molecule has 1 fully saturated rings. The third-order valence-corrected chi connectivity index (χ3v) is 4.26. The molecule has 0 spiro atoms. The van der Waals surface area contributed by atoms with Gasteiger partial charge in [0, 0.05) is 12.2 Å². The van der Waals surface area contributed by atoms with Gasteiger partial charge in [-0.25, -0.2) is 4.98 Å². The van der Waals surface area contributed by atoms with E-state index in [0.717, 1.165) is 11.3 Å². The van der Waals surface area contributed by atoms with Crippen LogP contribution in [0.3, 0.4) is 0 Å². The Morgan fingerprint density at radius 1 is 1.26 bits per heavy atom. The molecule has 1 unspecified atom stereocenters. The van der Waals surface area contributed by atoms with E-state index in [4.69, 9.17) is 11.6 Å². The van der Waals surface area contributed by atoms with Crippen LogP contribution in [0.2, 0.25) is 0 Å². The lowest BCUT2D eigenvalue weighted by molar-refractivity contribution is 0.440. The van der Waals surface area contributed by atoms with E-state index in [9.17, 15) is 0 Å². The highest BCUT2D eigenvalue weighted by Crippen LogP contribution is 2.34. The molecule has 0 radical (unpaired) electrons. The quantitative estimate of drug-likeness (QED) is 0.592. The van der Waals surface area contributed by atoms with Crippen molar-refractivity contribution in [3.8, 4) is 0 Å². The summed E-state index contributed by atoms with van der Waals surface area (Å²) in [6.45, 7) is 2.00. The van der Waals surface area contributed by atoms with Gasteiger partial charge in [0.15, 0.2) is 0 Å². The van der Waals surface area contributed by atoms with Crippen molar-refractivity contribution in [2.24, 2.45) is 0 Å². The van der Waals surface area contributed by atoms with Crippen molar-refractivity contribution in [3.05, 3.63) is 24.3 Å². The van der Waals surface area contributed by atoms with Crippen LogP contribution in [0.4, 0.5) is 0 Å². The van der Waals surface area contributed by atoms with E-state index in [1.54, 1.807) is 0 Å². The topological polar surface area (TPSA) is 30.7 Å². The van der Waals surface area contributed by atoms with E-state index in [1.807, 2.05) is 19.3 Å². The number of hydrogen-bond donors (Lipinski definition) is 0. The van der Waals surface area contributed by atoms with E-state index in [1.165, 1.54) is 44.0 Å². The Balaban J connectivity index is 2.10. The molecule has 0 N–H and O–H groups in total. The first-order chi connectivity index (χ1) is 9.27. The summed E-state index contributed by atoms with van der Waals surface area (Å²) in [5.74, 6) is 0.997. The molecule has 0 amide bonds. The maximum atomic E-state index is 6.34. The van der Waals surface area contributed by atoms with Crippen molar-refractivity contribution in [1.82, 2.24) is 14.5 Å². The molecule has 0 aromatic carbocycles. The minimum absolute atomic E-state index is 0.0596. The van der Waals surface area contributed by atoms with Crippen LogP contribution in [0.15, 0.2) is 18.5 Å². The van der Waals surface area contributed by atoms with Crippen molar-refractivity contribution >= 4 is 22.6 Å². The third kappa shape index (κ3) is 2.48. The third-order valence-electron chi connectivity index (χ3n) is 4.06. The molecule has 0 saturated heterocycles. The Kier molecular flexibility index (Phi) is 3.74. The summed E-state index contributed by atoms with van der Waals surface area (Å²) in [5.41, 5.74) is 2.15. The van der Waals surface area contributed by atoms with E-state index in [0.29, 0.717) is 6.04 Å². The molecule has 2 heterocycles. The van der Waals surface area contributed by atoms with Crippen molar-refractivity contribution in [2.45, 2.75) is 56.9 Å². The summed E-state index contributed by atoms with van der Waals surface area (Å²) in [6.07, 6.45) is 11.5. The minimum atomic E-state index is -0.0596. The number of fused-ring (bicyclic) bond motifs is 1. The zero-order chi connectivity index (χ0) is 13.2. The van der Waals surface area contributed by atoms with Crippen LogP contribution >= 0.6 is 11.6 Å². The highest BCUT2D eigenvalue weighted by Gasteiger charge is 2.22. The second kappa shape index (κ2) is 5.49. The molecule has 102 valence electrons. The Morgan fingerprint density at radius 3 is 2.68 bits per heavy atom. The number of nitrogens with zero attached hydrogens (tertiary/aromatic N) is 3. The van der Waals surface area contributed by atoms with Gasteiger partial charge >= 0.3 is 0 Å². The molecule has 1 aliphatic carbocycles. The lowest BCUT2D eigenvalue weighted by Gasteiger charge is -2.20. The summed E-state index contributed by atoms with van der Waals surface area (Å²) in [7, 11) is 0. The van der Waals surface area contributed by atoms with Gasteiger partial charge in [0.05, 0.1) is 17.1 Å². The van der Waals surface area contributed by atoms with Gasteiger partial charge in [-0.15, -0.1) is 11.6 Å². The van der Waals surface area contributed by atoms with Gasteiger partial charge in [-0.2, -0.15) is 0 Å². The molecule has 0 bridgehead atoms. The minimum Gasteiger partial charge on any atom is -0.324 e. The normalized spacial score (nSPS) is 19.5. The molecule has 1 saturated carbocycles. The number of halogens is 1. The fourth-order valence-electron chi connectivity index (χ4n) is 3.15. The Hall–Kier alpha value is -1.09. The monoisotopic (exact) mass is 277 g/mol. The van der Waals surface area contributed by atoms with Gasteiger partial charge in [-0.1, -0.05) is 25.7 Å². The van der Waals surface area contributed by atoms with Gasteiger partial charge in [-0.3, -0.25) is 4.98 Å². The first kappa shape index (κ1) is 12.9. The number of aromatic nitrogens is 3. The van der Waals surface area contributed by atoms with E-state index in [-0.39, 0.29) is 5.38 Å². The zero-order valence-corrected chi connectivity index (χ0v) is 12.1. The van der Waals surface area contributed by atoms with Gasteiger partial charge in [0.1, 0.15) is 11.3 Å². The number of hydrogen-bond acceptors (Lipinski definition) is 2. The summed E-state index contributed by atoms with van der Waals surface area (Å²) in [4.78, 5) is 8.86. The molecular formula is C15H20ClN3. The first-order valence-corrected chi connectivity index (χ1v) is 7.67. The predicted octanol–water partition coefficient (Wildman–Crippen LogP) is 4.63. The lowest BCUT2D eigenvalue weighted by atomic mass is 10.1. The number of rotatable bonds is 2. The SMILES string of the molecule is CC(Cl)c1nc2cnccc2n1C1CCCCCC1. The van der Waals surface area contributed by atoms with Gasteiger partial charge in [0.25, 0.3) is 0 Å². The van der Waals surface area contributed by atoms with Gasteiger partial charge < -0.3 is 4.57 Å². The Labute approximate surface area is 119 Å². The predicted molar refractivity (Wildman–Crippen MR) is 78.5 cm³/mol. The first-order valence-electron chi connectivity index (χ1n) is 7.23. The fraction of sp³-hybridized carbons (Fsp3) is 0.600. The van der Waals surface area contributed by atoms with Crippen LogP contribution in [-0.2, 0) is 0 Å². The van der Waals surface area contributed by atoms with Crippen molar-refractivity contribution in [1.29, 1.82) is 0 Å². The second-order valence-electron chi connectivity index (χ2n) is 5.47. The van der Waals surface area contributed by atoms with Crippen LogP contribution in [-0.4, -0.2) is 14.5 Å². The number of alkyl halides is 1. The van der Waals surface area contributed by atoms with Crippen molar-refractivity contribution in [3.63, 3.8) is 0 Å². The molecule has 1 aliphatic rings. The smallest absolute Gasteiger partial charge is 0.128 e. The standard InChI is InChI=1S/C15H20ClN3/c1-11(16)15-18-13-10-17-9-8-14(13)19(15)12-6-4-2-3-5-7-12/h8-12H,2-7H2,1H3. The van der Waals surface area contributed by atoms with Crippen LogP contribution in [0.1, 0.15) is 62.7 Å². The highest BCUT2D eigenvalue weighted by atomic mass is 35.5. The van der Waals surface area contributed by atoms with Crippen LogP contribution in [0.25, 0.3) is 11.0 Å². The van der Waals surface area contributed by atoms with Gasteiger partial charge in [0.2, 0.25) is 0 Å². The Bertz CT molecular complexity index is 554. The molecule has 1 atom stereocenters. The molecule has 0 aliphatic heterocycles. The number of pyridine rings is 1. The lowest BCUT2D eigenvalue weighted by Crippen LogP contribution is -2.12. The molecule has 2 aromatic heterocycles. The molecular weight excluding hydrogens is 258 g/mol. The fourth-order valence-corrected chi connectivity index (χ4v) is 3.30. The summed E-state index contributed by atoms with van der Waals surface area (Å²) in [6, 6.07) is 2.61. The van der Waals surface area contributed by atoms with Crippen LogP contribution in [0.5, 0.6) is 0 Å². The number of imidazole rings is 1. The maximum absolute atomic E-state index is 6.34. The van der Waals surface area contributed by atoms with E-state index in [2.05, 4.69) is 20.6 Å². The summed E-state index contributed by atoms with van der Waals surface area (Å²) >= 11 is 6.34. The largest absolute Gasteiger partial charge is 0.324 e. The average Bonchev–Trinajstić information content (AvgIpc) is 2.60. The molecule has 19 heavy (non-hydrogen) atoms. The maximum Gasteiger partial charge on any atom is 0.128 e. The summed E-state index contributed by atoms with van der Waals surface area (Å²) < 4.78 is 2.38. The highest BCUT2D eigenvalue weighted by molar-refractivity contribution is 6.20. The summed E-state index contributed by atoms with van der Waals surface area (Å²) in [5, 5.41) is -0.0596. The van der Waals surface area contributed by atoms with E-state index < -0.39 is 0 Å². The molecule has 2 aromatic rings. The average molecular weight is 278 g/mol. The molecule has 4 heteroatoms. The van der Waals surface area contributed by atoms with Crippen molar-refractivity contribution < 1.29 is 0 Å². The zero-order valence-electron chi connectivity index (χ0n) is 11.3. The second-order valence-corrected chi connectivity index (χ2v) is 6.12. The Morgan fingerprint density at radius 2 is 2.00 bits per heavy atom. The molecule has 3 nitrogen and oxygen atoms in total.